The monoisotopic (exact) mass is 380 g/mol. The van der Waals surface area contributed by atoms with Gasteiger partial charge in [0.2, 0.25) is 0 Å². The lowest BCUT2D eigenvalue weighted by molar-refractivity contribution is -0.120. The number of anilines is 1. The molecule has 7 heteroatoms. The summed E-state index contributed by atoms with van der Waals surface area (Å²) in [6.45, 7) is -0.143. The van der Waals surface area contributed by atoms with E-state index in [1.807, 2.05) is 60.8 Å². The minimum atomic E-state index is -0.385. The largest absolute Gasteiger partial charge is 0.378 e. The molecule has 6 nitrogen and oxygen atoms in total. The molecule has 0 atom stereocenters. The Labute approximate surface area is 161 Å². The lowest BCUT2D eigenvalue weighted by Gasteiger charge is -2.12. The maximum absolute atomic E-state index is 12.1. The predicted octanol–water partition coefficient (Wildman–Crippen LogP) is 2.85. The van der Waals surface area contributed by atoms with Crippen molar-refractivity contribution in [2.75, 3.05) is 25.5 Å². The first kappa shape index (κ1) is 18.6. The van der Waals surface area contributed by atoms with Crippen LogP contribution in [0.2, 0.25) is 0 Å². The normalized spacial score (nSPS) is 10.9. The van der Waals surface area contributed by atoms with Crippen LogP contribution in [0.15, 0.2) is 59.0 Å². The number of nitrogens with one attached hydrogen (secondary N) is 2. The summed E-state index contributed by atoms with van der Waals surface area (Å²) in [5.74, 6) is -0.688. The quantitative estimate of drug-likeness (QED) is 0.510. The fourth-order valence-electron chi connectivity index (χ4n) is 2.49. The number of carbonyl (C=O) groups excluding carboxylic acids is 2. The standard InChI is InChI=1S/C20H20N4O2S/c1-24(2)16-9-7-14(8-10-16)20(26)21-12-19(25)23-22-11-15-13-27-18-6-4-3-5-17(15)18/h3-11,13H,12H2,1-2H3,(H,21,26)(H,23,25)/b22-11+. The van der Waals surface area contributed by atoms with Crippen molar-refractivity contribution in [2.45, 2.75) is 0 Å². The van der Waals surface area contributed by atoms with Gasteiger partial charge < -0.3 is 10.2 Å². The summed E-state index contributed by atoms with van der Waals surface area (Å²) in [5.41, 5.74) is 4.88. The van der Waals surface area contributed by atoms with Gasteiger partial charge in [-0.25, -0.2) is 5.43 Å². The van der Waals surface area contributed by atoms with Crippen LogP contribution in [-0.2, 0) is 4.79 Å². The summed E-state index contributed by atoms with van der Waals surface area (Å²) in [6.07, 6.45) is 1.61. The van der Waals surface area contributed by atoms with Crippen molar-refractivity contribution in [1.29, 1.82) is 0 Å². The maximum Gasteiger partial charge on any atom is 0.259 e. The van der Waals surface area contributed by atoms with Crippen molar-refractivity contribution >= 4 is 45.1 Å². The lowest BCUT2D eigenvalue weighted by Crippen LogP contribution is -2.34. The molecule has 3 aromatic rings. The summed E-state index contributed by atoms with van der Waals surface area (Å²) in [4.78, 5) is 25.9. The number of hydrogen-bond acceptors (Lipinski definition) is 5. The van der Waals surface area contributed by atoms with Gasteiger partial charge in [0.15, 0.2) is 0 Å². The van der Waals surface area contributed by atoms with Gasteiger partial charge in [-0.2, -0.15) is 5.10 Å². The number of hydrazone groups is 1. The van der Waals surface area contributed by atoms with Crippen LogP contribution in [0.3, 0.4) is 0 Å². The third-order valence-corrected chi connectivity index (χ3v) is 4.94. The van der Waals surface area contributed by atoms with Crippen molar-refractivity contribution in [1.82, 2.24) is 10.7 Å². The average molecular weight is 380 g/mol. The number of amides is 2. The van der Waals surface area contributed by atoms with Crippen LogP contribution in [0.25, 0.3) is 10.1 Å². The van der Waals surface area contributed by atoms with Gasteiger partial charge in [-0.1, -0.05) is 18.2 Å². The van der Waals surface area contributed by atoms with Crippen molar-refractivity contribution in [2.24, 2.45) is 5.10 Å². The molecular weight excluding hydrogens is 360 g/mol. The molecule has 138 valence electrons. The highest BCUT2D eigenvalue weighted by molar-refractivity contribution is 7.17. The van der Waals surface area contributed by atoms with Crippen LogP contribution in [0.5, 0.6) is 0 Å². The fourth-order valence-corrected chi connectivity index (χ4v) is 3.40. The summed E-state index contributed by atoms with van der Waals surface area (Å²) < 4.78 is 1.16. The zero-order chi connectivity index (χ0) is 19.2. The smallest absolute Gasteiger partial charge is 0.259 e. The number of hydrogen-bond donors (Lipinski definition) is 2. The molecule has 1 aromatic heterocycles. The molecule has 0 aliphatic heterocycles. The van der Waals surface area contributed by atoms with Crippen LogP contribution in [-0.4, -0.2) is 38.7 Å². The van der Waals surface area contributed by atoms with Crippen molar-refractivity contribution in [3.8, 4) is 0 Å². The van der Waals surface area contributed by atoms with E-state index < -0.39 is 0 Å². The second-order valence-electron chi connectivity index (χ2n) is 6.10. The van der Waals surface area contributed by atoms with Gasteiger partial charge in [-0.3, -0.25) is 9.59 Å². The van der Waals surface area contributed by atoms with E-state index >= 15 is 0 Å². The Bertz CT molecular complexity index is 977. The molecule has 3 rings (SSSR count). The number of thiophene rings is 1. The zero-order valence-corrected chi connectivity index (χ0v) is 15.9. The fraction of sp³-hybridized carbons (Fsp3) is 0.150. The molecular formula is C20H20N4O2S. The van der Waals surface area contributed by atoms with Crippen LogP contribution in [0, 0.1) is 0 Å². The predicted molar refractivity (Wildman–Crippen MR) is 111 cm³/mol. The highest BCUT2D eigenvalue weighted by Crippen LogP contribution is 2.24. The van der Waals surface area contributed by atoms with E-state index in [0.717, 1.165) is 21.3 Å². The first-order valence-corrected chi connectivity index (χ1v) is 9.26. The molecule has 2 N–H and O–H groups in total. The maximum atomic E-state index is 12.1. The molecule has 2 amide bonds. The molecule has 27 heavy (non-hydrogen) atoms. The molecule has 2 aromatic carbocycles. The van der Waals surface area contributed by atoms with E-state index in [0.29, 0.717) is 5.56 Å². The third-order valence-electron chi connectivity index (χ3n) is 3.96. The number of fused-ring (bicyclic) bond motifs is 1. The third kappa shape index (κ3) is 4.71. The first-order chi connectivity index (χ1) is 13.0. The van der Waals surface area contributed by atoms with E-state index in [9.17, 15) is 9.59 Å². The van der Waals surface area contributed by atoms with Crippen LogP contribution in [0.4, 0.5) is 5.69 Å². The minimum absolute atomic E-state index is 0.143. The van der Waals surface area contributed by atoms with Gasteiger partial charge in [0.1, 0.15) is 0 Å². The Morgan fingerprint density at radius 2 is 1.85 bits per heavy atom. The van der Waals surface area contributed by atoms with Gasteiger partial charge in [0, 0.05) is 46.4 Å². The average Bonchev–Trinajstić information content (AvgIpc) is 3.09. The molecule has 0 unspecified atom stereocenters. The highest BCUT2D eigenvalue weighted by Gasteiger charge is 2.08. The molecule has 0 fully saturated rings. The number of nitrogens with zero attached hydrogens (tertiary/aromatic N) is 2. The van der Waals surface area contributed by atoms with Crippen LogP contribution < -0.4 is 15.6 Å². The topological polar surface area (TPSA) is 73.8 Å². The molecule has 0 radical (unpaired) electrons. The molecule has 0 aliphatic carbocycles. The molecule has 1 heterocycles. The zero-order valence-electron chi connectivity index (χ0n) is 15.1. The van der Waals surface area contributed by atoms with Crippen molar-refractivity contribution in [3.05, 3.63) is 65.0 Å². The van der Waals surface area contributed by atoms with E-state index in [2.05, 4.69) is 15.8 Å². The highest BCUT2D eigenvalue weighted by atomic mass is 32.1. The Kier molecular flexibility index (Phi) is 5.83. The second-order valence-corrected chi connectivity index (χ2v) is 7.02. The Balaban J connectivity index is 1.50. The summed E-state index contributed by atoms with van der Waals surface area (Å²) in [5, 5.41) is 9.63. The summed E-state index contributed by atoms with van der Waals surface area (Å²) >= 11 is 1.62. The van der Waals surface area contributed by atoms with E-state index in [1.165, 1.54) is 0 Å². The molecule has 0 saturated carbocycles. The molecule has 0 saturated heterocycles. The number of rotatable bonds is 6. The molecule has 0 spiro atoms. The Morgan fingerprint density at radius 1 is 1.11 bits per heavy atom. The minimum Gasteiger partial charge on any atom is -0.378 e. The van der Waals surface area contributed by atoms with E-state index in [1.54, 1.807) is 29.7 Å². The van der Waals surface area contributed by atoms with Gasteiger partial charge in [-0.15, -0.1) is 11.3 Å². The SMILES string of the molecule is CN(C)c1ccc(C(=O)NCC(=O)N/N=C/c2csc3ccccc23)cc1. The molecule has 0 bridgehead atoms. The van der Waals surface area contributed by atoms with Crippen molar-refractivity contribution < 1.29 is 9.59 Å². The summed E-state index contributed by atoms with van der Waals surface area (Å²) in [6, 6.07) is 15.1. The van der Waals surface area contributed by atoms with Gasteiger partial charge >= 0.3 is 0 Å². The lowest BCUT2D eigenvalue weighted by atomic mass is 10.2. The van der Waals surface area contributed by atoms with E-state index in [4.69, 9.17) is 0 Å². The summed E-state index contributed by atoms with van der Waals surface area (Å²) in [7, 11) is 3.86. The van der Waals surface area contributed by atoms with Gasteiger partial charge in [0.05, 0.1) is 12.8 Å². The van der Waals surface area contributed by atoms with Crippen LogP contribution >= 0.6 is 11.3 Å². The number of carbonyl (C=O) groups is 2. The Hall–Kier alpha value is -3.19. The molecule has 0 aliphatic rings. The Morgan fingerprint density at radius 3 is 2.59 bits per heavy atom. The first-order valence-electron chi connectivity index (χ1n) is 8.38. The second kappa shape index (κ2) is 8.46. The van der Waals surface area contributed by atoms with Gasteiger partial charge in [0.25, 0.3) is 11.8 Å². The van der Waals surface area contributed by atoms with E-state index in [-0.39, 0.29) is 18.4 Å². The van der Waals surface area contributed by atoms with Crippen molar-refractivity contribution in [3.63, 3.8) is 0 Å². The number of benzene rings is 2. The van der Waals surface area contributed by atoms with Crippen LogP contribution in [0.1, 0.15) is 15.9 Å². The van der Waals surface area contributed by atoms with Gasteiger partial charge in [-0.05, 0) is 30.3 Å².